The van der Waals surface area contributed by atoms with Gasteiger partial charge in [0, 0.05) is 18.5 Å². The Bertz CT molecular complexity index is 253. The molecule has 3 aliphatic rings. The maximum atomic E-state index is 5.95. The molecular formula is C15H26ClN. The van der Waals surface area contributed by atoms with Gasteiger partial charge in [0.25, 0.3) is 0 Å². The second-order valence-corrected chi connectivity index (χ2v) is 6.94. The van der Waals surface area contributed by atoms with E-state index in [9.17, 15) is 0 Å². The Morgan fingerprint density at radius 1 is 1.06 bits per heavy atom. The summed E-state index contributed by atoms with van der Waals surface area (Å²) in [6, 6.07) is 0.806. The van der Waals surface area contributed by atoms with Gasteiger partial charge in [-0.2, -0.15) is 0 Å². The lowest BCUT2D eigenvalue weighted by Gasteiger charge is -2.38. The minimum Gasteiger partial charge on any atom is -0.300 e. The normalized spacial score (nSPS) is 42.2. The zero-order chi connectivity index (χ0) is 11.7. The van der Waals surface area contributed by atoms with Crippen LogP contribution in [0, 0.1) is 17.8 Å². The fourth-order valence-corrected chi connectivity index (χ4v) is 4.91. The highest BCUT2D eigenvalue weighted by Gasteiger charge is 2.40. The van der Waals surface area contributed by atoms with Crippen LogP contribution in [0.15, 0.2) is 0 Å². The zero-order valence-corrected chi connectivity index (χ0v) is 11.7. The van der Waals surface area contributed by atoms with Crippen LogP contribution in [0.25, 0.3) is 0 Å². The summed E-state index contributed by atoms with van der Waals surface area (Å²) < 4.78 is 0. The van der Waals surface area contributed by atoms with Crippen molar-refractivity contribution in [1.29, 1.82) is 0 Å². The van der Waals surface area contributed by atoms with E-state index in [4.69, 9.17) is 11.6 Å². The lowest BCUT2D eigenvalue weighted by molar-refractivity contribution is 0.105. The molecule has 3 fully saturated rings. The third-order valence-electron chi connectivity index (χ3n) is 5.54. The largest absolute Gasteiger partial charge is 0.300 e. The van der Waals surface area contributed by atoms with Crippen LogP contribution in [0.5, 0.6) is 0 Å². The van der Waals surface area contributed by atoms with Crippen LogP contribution in [0.2, 0.25) is 0 Å². The Kier molecular flexibility index (Phi) is 3.97. The van der Waals surface area contributed by atoms with E-state index in [0.29, 0.717) is 0 Å². The number of alkyl halides is 1. The van der Waals surface area contributed by atoms with Crippen molar-refractivity contribution in [1.82, 2.24) is 4.90 Å². The number of nitrogens with zero attached hydrogens (tertiary/aromatic N) is 1. The highest BCUT2D eigenvalue weighted by Crippen LogP contribution is 2.48. The third-order valence-corrected chi connectivity index (χ3v) is 5.76. The molecule has 98 valence electrons. The van der Waals surface area contributed by atoms with Gasteiger partial charge in [-0.1, -0.05) is 12.8 Å². The third kappa shape index (κ3) is 2.66. The molecule has 0 aromatic carbocycles. The Morgan fingerprint density at radius 2 is 2.00 bits per heavy atom. The molecule has 1 heterocycles. The number of hydrogen-bond donors (Lipinski definition) is 0. The number of rotatable bonds is 4. The van der Waals surface area contributed by atoms with Crippen LogP contribution in [0.4, 0.5) is 0 Å². The molecule has 0 N–H and O–H groups in total. The average Bonchev–Trinajstić information content (AvgIpc) is 2.94. The quantitative estimate of drug-likeness (QED) is 0.689. The van der Waals surface area contributed by atoms with Crippen LogP contribution in [-0.4, -0.2) is 29.9 Å². The smallest absolute Gasteiger partial charge is 0.0238 e. The van der Waals surface area contributed by atoms with Gasteiger partial charge in [-0.05, 0) is 62.8 Å². The summed E-state index contributed by atoms with van der Waals surface area (Å²) in [6.07, 6.45) is 11.6. The zero-order valence-electron chi connectivity index (χ0n) is 10.9. The Hall–Kier alpha value is 0.250. The van der Waals surface area contributed by atoms with Crippen molar-refractivity contribution >= 4 is 11.6 Å². The fraction of sp³-hybridized carbons (Fsp3) is 1.00. The Labute approximate surface area is 111 Å². The lowest BCUT2D eigenvalue weighted by atomic mass is 9.87. The maximum absolute atomic E-state index is 5.95. The van der Waals surface area contributed by atoms with Crippen LogP contribution < -0.4 is 0 Å². The summed E-state index contributed by atoms with van der Waals surface area (Å²) in [5.41, 5.74) is 0. The van der Waals surface area contributed by atoms with E-state index in [1.54, 1.807) is 6.42 Å². The highest BCUT2D eigenvalue weighted by atomic mass is 35.5. The van der Waals surface area contributed by atoms with Crippen molar-refractivity contribution in [3.05, 3.63) is 0 Å². The van der Waals surface area contributed by atoms with Crippen molar-refractivity contribution < 1.29 is 0 Å². The number of likely N-dealkylation sites (tertiary alicyclic amines) is 1. The number of fused-ring (bicyclic) bond motifs is 2. The van der Waals surface area contributed by atoms with Gasteiger partial charge in [-0.15, -0.1) is 11.6 Å². The second-order valence-electron chi connectivity index (χ2n) is 6.56. The van der Waals surface area contributed by atoms with Gasteiger partial charge in [-0.25, -0.2) is 0 Å². The summed E-state index contributed by atoms with van der Waals surface area (Å²) in [6.45, 7) is 2.73. The summed E-state index contributed by atoms with van der Waals surface area (Å²) in [4.78, 5) is 2.79. The van der Waals surface area contributed by atoms with Gasteiger partial charge in [0.15, 0.2) is 0 Å². The van der Waals surface area contributed by atoms with Crippen molar-refractivity contribution in [2.24, 2.45) is 17.8 Å². The van der Waals surface area contributed by atoms with Crippen LogP contribution in [0.3, 0.4) is 0 Å². The first-order valence-corrected chi connectivity index (χ1v) is 8.20. The molecule has 1 nitrogen and oxygen atoms in total. The molecule has 4 atom stereocenters. The van der Waals surface area contributed by atoms with E-state index in [0.717, 1.165) is 29.7 Å². The van der Waals surface area contributed by atoms with E-state index in [-0.39, 0.29) is 0 Å². The van der Waals surface area contributed by atoms with E-state index in [1.807, 2.05) is 0 Å². The van der Waals surface area contributed by atoms with Gasteiger partial charge in [0.1, 0.15) is 0 Å². The topological polar surface area (TPSA) is 3.24 Å². The SMILES string of the molecule is ClCCC1CCCCN1CC1CC2CCC1C2. The summed E-state index contributed by atoms with van der Waals surface area (Å²) >= 11 is 5.95. The van der Waals surface area contributed by atoms with E-state index in [1.165, 1.54) is 58.0 Å². The Morgan fingerprint density at radius 3 is 2.71 bits per heavy atom. The minimum absolute atomic E-state index is 0.806. The molecule has 1 saturated heterocycles. The highest BCUT2D eigenvalue weighted by molar-refractivity contribution is 6.17. The van der Waals surface area contributed by atoms with E-state index >= 15 is 0 Å². The van der Waals surface area contributed by atoms with Crippen molar-refractivity contribution in [3.8, 4) is 0 Å². The molecule has 0 spiro atoms. The first kappa shape index (κ1) is 12.3. The van der Waals surface area contributed by atoms with Gasteiger partial charge < -0.3 is 4.90 Å². The van der Waals surface area contributed by atoms with Gasteiger partial charge in [-0.3, -0.25) is 0 Å². The monoisotopic (exact) mass is 255 g/mol. The molecule has 4 unspecified atom stereocenters. The summed E-state index contributed by atoms with van der Waals surface area (Å²) in [7, 11) is 0. The minimum atomic E-state index is 0.806. The maximum Gasteiger partial charge on any atom is 0.0238 e. The average molecular weight is 256 g/mol. The molecule has 2 aliphatic carbocycles. The van der Waals surface area contributed by atoms with Crippen LogP contribution in [0.1, 0.15) is 51.4 Å². The molecule has 1 aliphatic heterocycles. The molecule has 17 heavy (non-hydrogen) atoms. The van der Waals surface area contributed by atoms with Gasteiger partial charge in [0.05, 0.1) is 0 Å². The molecule has 0 aromatic heterocycles. The van der Waals surface area contributed by atoms with E-state index in [2.05, 4.69) is 4.90 Å². The first-order valence-electron chi connectivity index (χ1n) is 7.67. The first-order chi connectivity index (χ1) is 8.36. The molecule has 0 radical (unpaired) electrons. The van der Waals surface area contributed by atoms with Crippen molar-refractivity contribution in [2.45, 2.75) is 57.4 Å². The predicted molar refractivity (Wildman–Crippen MR) is 73.5 cm³/mol. The lowest BCUT2D eigenvalue weighted by Crippen LogP contribution is -2.43. The predicted octanol–water partition coefficient (Wildman–Crippen LogP) is 3.91. The molecule has 3 rings (SSSR count). The van der Waals surface area contributed by atoms with Gasteiger partial charge >= 0.3 is 0 Å². The summed E-state index contributed by atoms with van der Waals surface area (Å²) in [5.74, 6) is 4.06. The van der Waals surface area contributed by atoms with Crippen LogP contribution in [-0.2, 0) is 0 Å². The molecular weight excluding hydrogens is 230 g/mol. The number of halogens is 1. The standard InChI is InChI=1S/C15H26ClN/c16-7-6-15-3-1-2-8-17(15)11-14-10-12-4-5-13(14)9-12/h12-15H,1-11H2. The fourth-order valence-electron chi connectivity index (χ4n) is 4.65. The molecule has 0 amide bonds. The second kappa shape index (κ2) is 5.48. The molecule has 2 bridgehead atoms. The van der Waals surface area contributed by atoms with Crippen molar-refractivity contribution in [3.63, 3.8) is 0 Å². The molecule has 2 heteroatoms. The van der Waals surface area contributed by atoms with Crippen LogP contribution >= 0.6 is 11.6 Å². The Balaban J connectivity index is 1.55. The number of hydrogen-bond acceptors (Lipinski definition) is 1. The molecule has 0 aromatic rings. The van der Waals surface area contributed by atoms with Gasteiger partial charge in [0.2, 0.25) is 0 Å². The number of piperidine rings is 1. The molecule has 2 saturated carbocycles. The van der Waals surface area contributed by atoms with E-state index < -0.39 is 0 Å². The van der Waals surface area contributed by atoms with Crippen molar-refractivity contribution in [2.75, 3.05) is 19.0 Å². The summed E-state index contributed by atoms with van der Waals surface area (Å²) in [5, 5.41) is 0.